The Morgan fingerprint density at radius 1 is 1.47 bits per heavy atom. The van der Waals surface area contributed by atoms with Crippen LogP contribution in [0.3, 0.4) is 0 Å². The van der Waals surface area contributed by atoms with Crippen LogP contribution in [-0.4, -0.2) is 46.1 Å². The van der Waals surface area contributed by atoms with Crippen molar-refractivity contribution in [3.05, 3.63) is 23.8 Å². The lowest BCUT2D eigenvalue weighted by atomic mass is 10.2. The van der Waals surface area contributed by atoms with E-state index in [0.717, 1.165) is 24.2 Å². The van der Waals surface area contributed by atoms with Gasteiger partial charge in [0, 0.05) is 32.4 Å². The summed E-state index contributed by atoms with van der Waals surface area (Å²) in [4.78, 5) is 0.348. The standard InChI is InChI=1S/C13H20N2O3S/c1-10(9-18-3)15(2)19(16,17)12-4-5-13-11(8-12)6-7-14-13/h4-5,8,10,14H,6-7,9H2,1-3H3. The van der Waals surface area contributed by atoms with Crippen LogP contribution in [0.2, 0.25) is 0 Å². The predicted molar refractivity (Wildman–Crippen MR) is 74.9 cm³/mol. The second kappa shape index (κ2) is 5.48. The lowest BCUT2D eigenvalue weighted by Crippen LogP contribution is -2.37. The molecular weight excluding hydrogens is 264 g/mol. The molecule has 1 aliphatic rings. The van der Waals surface area contributed by atoms with E-state index in [2.05, 4.69) is 5.32 Å². The smallest absolute Gasteiger partial charge is 0.243 e. The van der Waals surface area contributed by atoms with Gasteiger partial charge in [0.05, 0.1) is 11.5 Å². The maximum Gasteiger partial charge on any atom is 0.243 e. The van der Waals surface area contributed by atoms with E-state index in [9.17, 15) is 8.42 Å². The highest BCUT2D eigenvalue weighted by molar-refractivity contribution is 7.89. The van der Waals surface area contributed by atoms with Crippen molar-refractivity contribution >= 4 is 15.7 Å². The zero-order chi connectivity index (χ0) is 14.0. The van der Waals surface area contributed by atoms with Crippen LogP contribution in [0.25, 0.3) is 0 Å². The SMILES string of the molecule is COCC(C)N(C)S(=O)(=O)c1ccc2c(c1)CCN2. The molecule has 0 aromatic heterocycles. The maximum absolute atomic E-state index is 12.5. The van der Waals surface area contributed by atoms with E-state index in [4.69, 9.17) is 4.74 Å². The Kier molecular flexibility index (Phi) is 4.13. The Hall–Kier alpha value is -1.11. The molecule has 1 aromatic carbocycles. The number of nitrogens with one attached hydrogen (secondary N) is 1. The molecule has 1 aliphatic heterocycles. The van der Waals surface area contributed by atoms with Crippen molar-refractivity contribution in [3.63, 3.8) is 0 Å². The molecule has 0 bridgehead atoms. The van der Waals surface area contributed by atoms with E-state index in [1.165, 1.54) is 4.31 Å². The number of nitrogens with zero attached hydrogens (tertiary/aromatic N) is 1. The van der Waals surface area contributed by atoms with Crippen LogP contribution in [0.1, 0.15) is 12.5 Å². The van der Waals surface area contributed by atoms with Gasteiger partial charge in [0.2, 0.25) is 10.0 Å². The summed E-state index contributed by atoms with van der Waals surface area (Å²) in [7, 11) is -0.301. The quantitative estimate of drug-likeness (QED) is 0.885. The molecule has 0 spiro atoms. The molecule has 19 heavy (non-hydrogen) atoms. The summed E-state index contributed by atoms with van der Waals surface area (Å²) >= 11 is 0. The van der Waals surface area contributed by atoms with Crippen molar-refractivity contribution in [1.29, 1.82) is 0 Å². The van der Waals surface area contributed by atoms with Crippen LogP contribution in [-0.2, 0) is 21.2 Å². The number of hydrogen-bond acceptors (Lipinski definition) is 4. The summed E-state index contributed by atoms with van der Waals surface area (Å²) in [5.74, 6) is 0. The fraction of sp³-hybridized carbons (Fsp3) is 0.538. The Bertz CT molecular complexity index is 557. The normalized spacial score (nSPS) is 16.2. The van der Waals surface area contributed by atoms with E-state index < -0.39 is 10.0 Å². The molecular formula is C13H20N2O3S. The number of methoxy groups -OCH3 is 1. The molecule has 0 amide bonds. The molecule has 2 rings (SSSR count). The zero-order valence-electron chi connectivity index (χ0n) is 11.5. The van der Waals surface area contributed by atoms with Crippen molar-refractivity contribution in [2.75, 3.05) is 32.6 Å². The Morgan fingerprint density at radius 2 is 2.21 bits per heavy atom. The van der Waals surface area contributed by atoms with Crippen LogP contribution in [0.15, 0.2) is 23.1 Å². The monoisotopic (exact) mass is 284 g/mol. The molecule has 1 heterocycles. The van der Waals surface area contributed by atoms with Crippen LogP contribution >= 0.6 is 0 Å². The van der Waals surface area contributed by atoms with Crippen molar-refractivity contribution in [3.8, 4) is 0 Å². The Labute approximate surface area is 114 Å². The third-order valence-electron chi connectivity index (χ3n) is 3.49. The largest absolute Gasteiger partial charge is 0.384 e. The van der Waals surface area contributed by atoms with Crippen LogP contribution in [0, 0.1) is 0 Å². The Balaban J connectivity index is 2.29. The molecule has 1 unspecified atom stereocenters. The highest BCUT2D eigenvalue weighted by atomic mass is 32.2. The summed E-state index contributed by atoms with van der Waals surface area (Å²) < 4.78 is 31.4. The molecule has 6 heteroatoms. The Morgan fingerprint density at radius 3 is 2.89 bits per heavy atom. The summed E-state index contributed by atoms with van der Waals surface area (Å²) in [5.41, 5.74) is 2.10. The van der Waals surface area contributed by atoms with Gasteiger partial charge in [0.25, 0.3) is 0 Å². The van der Waals surface area contributed by atoms with E-state index >= 15 is 0 Å². The maximum atomic E-state index is 12.5. The molecule has 0 fully saturated rings. The van der Waals surface area contributed by atoms with E-state index in [1.807, 2.05) is 13.0 Å². The number of rotatable bonds is 5. The van der Waals surface area contributed by atoms with Gasteiger partial charge >= 0.3 is 0 Å². The topological polar surface area (TPSA) is 58.6 Å². The molecule has 0 radical (unpaired) electrons. The van der Waals surface area contributed by atoms with Gasteiger partial charge in [-0.05, 0) is 37.1 Å². The molecule has 1 atom stereocenters. The first-order chi connectivity index (χ1) is 8.96. The fourth-order valence-electron chi connectivity index (χ4n) is 2.19. The van der Waals surface area contributed by atoms with Crippen molar-refractivity contribution in [2.45, 2.75) is 24.3 Å². The third-order valence-corrected chi connectivity index (χ3v) is 5.46. The van der Waals surface area contributed by atoms with Crippen molar-refractivity contribution in [1.82, 2.24) is 4.31 Å². The number of ether oxygens (including phenoxy) is 1. The number of hydrogen-bond donors (Lipinski definition) is 1. The molecule has 5 nitrogen and oxygen atoms in total. The predicted octanol–water partition coefficient (Wildman–Crippen LogP) is 1.31. The molecule has 0 aliphatic carbocycles. The lowest BCUT2D eigenvalue weighted by molar-refractivity contribution is 0.149. The summed E-state index contributed by atoms with van der Waals surface area (Å²) in [6.45, 7) is 3.08. The van der Waals surface area contributed by atoms with Gasteiger partial charge in [-0.3, -0.25) is 0 Å². The van der Waals surface area contributed by atoms with Crippen LogP contribution in [0.4, 0.5) is 5.69 Å². The first-order valence-corrected chi connectivity index (χ1v) is 7.74. The van der Waals surface area contributed by atoms with Gasteiger partial charge in [0.15, 0.2) is 0 Å². The average molecular weight is 284 g/mol. The molecule has 1 aromatic rings. The van der Waals surface area contributed by atoms with Gasteiger partial charge in [-0.25, -0.2) is 8.42 Å². The first-order valence-electron chi connectivity index (χ1n) is 6.30. The third kappa shape index (κ3) is 2.75. The van der Waals surface area contributed by atoms with Gasteiger partial charge < -0.3 is 10.1 Å². The minimum atomic E-state index is -3.46. The van der Waals surface area contributed by atoms with E-state index in [1.54, 1.807) is 26.3 Å². The molecule has 0 saturated heterocycles. The minimum absolute atomic E-state index is 0.193. The number of anilines is 1. The lowest BCUT2D eigenvalue weighted by Gasteiger charge is -2.23. The summed E-state index contributed by atoms with van der Waals surface area (Å²) in [5, 5.41) is 3.22. The second-order valence-electron chi connectivity index (χ2n) is 4.82. The van der Waals surface area contributed by atoms with Crippen LogP contribution < -0.4 is 5.32 Å². The van der Waals surface area contributed by atoms with E-state index in [0.29, 0.717) is 11.5 Å². The van der Waals surface area contributed by atoms with Gasteiger partial charge in [-0.15, -0.1) is 0 Å². The highest BCUT2D eigenvalue weighted by Crippen LogP contribution is 2.26. The average Bonchev–Trinajstić information content (AvgIpc) is 2.85. The summed E-state index contributed by atoms with van der Waals surface area (Å²) in [6, 6.07) is 5.06. The number of benzene rings is 1. The van der Waals surface area contributed by atoms with Gasteiger partial charge in [-0.1, -0.05) is 0 Å². The molecule has 0 saturated carbocycles. The van der Waals surface area contributed by atoms with Crippen molar-refractivity contribution < 1.29 is 13.2 Å². The first kappa shape index (κ1) is 14.3. The molecule has 1 N–H and O–H groups in total. The molecule has 106 valence electrons. The van der Waals surface area contributed by atoms with E-state index in [-0.39, 0.29) is 6.04 Å². The summed E-state index contributed by atoms with van der Waals surface area (Å²) in [6.07, 6.45) is 0.871. The number of likely N-dealkylation sites (N-methyl/N-ethyl adjacent to an activating group) is 1. The highest BCUT2D eigenvalue weighted by Gasteiger charge is 2.26. The number of fused-ring (bicyclic) bond motifs is 1. The fourth-order valence-corrected chi connectivity index (χ4v) is 3.59. The van der Waals surface area contributed by atoms with Crippen molar-refractivity contribution in [2.24, 2.45) is 0 Å². The minimum Gasteiger partial charge on any atom is -0.384 e. The van der Waals surface area contributed by atoms with Crippen LogP contribution in [0.5, 0.6) is 0 Å². The van der Waals surface area contributed by atoms with Gasteiger partial charge in [-0.2, -0.15) is 4.31 Å². The number of sulfonamides is 1. The van der Waals surface area contributed by atoms with Gasteiger partial charge in [0.1, 0.15) is 0 Å². The second-order valence-corrected chi connectivity index (χ2v) is 6.82. The zero-order valence-corrected chi connectivity index (χ0v) is 12.3.